The Balaban J connectivity index is 3.12. The number of anilines is 2. The van der Waals surface area contributed by atoms with Gasteiger partial charge in [0.15, 0.2) is 0 Å². The number of benzene rings is 1. The minimum absolute atomic E-state index is 0.157. The first-order valence-electron chi connectivity index (χ1n) is 5.80. The zero-order valence-electron chi connectivity index (χ0n) is 11.3. The first kappa shape index (κ1) is 13.4. The lowest BCUT2D eigenvalue weighted by molar-refractivity contribution is 0.330. The third kappa shape index (κ3) is 2.91. The maximum atomic E-state index is 8.92. The second-order valence-corrected chi connectivity index (χ2v) is 5.54. The van der Waals surface area contributed by atoms with Crippen LogP contribution in [-0.4, -0.2) is 13.1 Å². The molecule has 1 atom stereocenters. The number of nitrogens with zero attached hydrogens (tertiary/aromatic N) is 2. The minimum atomic E-state index is 0.157. The van der Waals surface area contributed by atoms with Crippen molar-refractivity contribution in [1.29, 1.82) is 5.26 Å². The molecule has 1 aromatic carbocycles. The molecule has 0 radical (unpaired) electrons. The van der Waals surface area contributed by atoms with Crippen LogP contribution >= 0.6 is 0 Å². The zero-order chi connectivity index (χ0) is 13.2. The van der Waals surface area contributed by atoms with Crippen molar-refractivity contribution in [2.75, 3.05) is 17.7 Å². The molecule has 1 rings (SSSR count). The number of hydrogen-bond acceptors (Lipinski definition) is 3. The lowest BCUT2D eigenvalue weighted by Crippen LogP contribution is -2.39. The van der Waals surface area contributed by atoms with Gasteiger partial charge in [-0.3, -0.25) is 0 Å². The van der Waals surface area contributed by atoms with Gasteiger partial charge in [0.05, 0.1) is 23.0 Å². The molecule has 0 amide bonds. The van der Waals surface area contributed by atoms with Crippen LogP contribution in [-0.2, 0) is 0 Å². The van der Waals surface area contributed by atoms with Gasteiger partial charge in [0.1, 0.15) is 0 Å². The summed E-state index contributed by atoms with van der Waals surface area (Å²) in [5.74, 6) is 0. The highest BCUT2D eigenvalue weighted by atomic mass is 15.1. The molecule has 2 N–H and O–H groups in total. The van der Waals surface area contributed by atoms with Crippen molar-refractivity contribution >= 4 is 11.4 Å². The van der Waals surface area contributed by atoms with Crippen LogP contribution < -0.4 is 10.6 Å². The van der Waals surface area contributed by atoms with Crippen molar-refractivity contribution in [2.45, 2.75) is 33.7 Å². The molecule has 3 heteroatoms. The lowest BCUT2D eigenvalue weighted by Gasteiger charge is -2.37. The molecule has 0 saturated heterocycles. The monoisotopic (exact) mass is 231 g/mol. The summed E-state index contributed by atoms with van der Waals surface area (Å²) in [6, 6.07) is 7.86. The Bertz CT molecular complexity index is 438. The molecule has 0 aliphatic carbocycles. The first-order valence-corrected chi connectivity index (χ1v) is 5.80. The van der Waals surface area contributed by atoms with Gasteiger partial charge in [-0.2, -0.15) is 5.26 Å². The topological polar surface area (TPSA) is 53.0 Å². The van der Waals surface area contributed by atoms with Crippen molar-refractivity contribution < 1.29 is 0 Å². The average Bonchev–Trinajstić information content (AvgIpc) is 2.26. The third-order valence-corrected chi connectivity index (χ3v) is 3.37. The van der Waals surface area contributed by atoms with Crippen LogP contribution in [0.1, 0.15) is 33.3 Å². The summed E-state index contributed by atoms with van der Waals surface area (Å²) in [7, 11) is 2.02. The lowest BCUT2D eigenvalue weighted by atomic mass is 9.87. The van der Waals surface area contributed by atoms with E-state index in [0.717, 1.165) is 5.69 Å². The Labute approximate surface area is 104 Å². The van der Waals surface area contributed by atoms with E-state index in [-0.39, 0.29) is 5.41 Å². The van der Waals surface area contributed by atoms with Crippen LogP contribution in [0.25, 0.3) is 0 Å². The van der Waals surface area contributed by atoms with Gasteiger partial charge in [0, 0.05) is 13.1 Å². The predicted octanol–water partition coefficient (Wildman–Crippen LogP) is 3.01. The summed E-state index contributed by atoms with van der Waals surface area (Å²) in [6.45, 7) is 8.74. The molecule has 0 aliphatic rings. The van der Waals surface area contributed by atoms with E-state index < -0.39 is 0 Å². The SMILES string of the molecule is CC(N(C)c1cc(C#N)ccc1N)C(C)(C)C. The summed E-state index contributed by atoms with van der Waals surface area (Å²) in [5.41, 5.74) is 8.41. The van der Waals surface area contributed by atoms with Crippen LogP contribution in [0.4, 0.5) is 11.4 Å². The third-order valence-electron chi connectivity index (χ3n) is 3.37. The average molecular weight is 231 g/mol. The number of nitrogen functional groups attached to an aromatic ring is 1. The highest BCUT2D eigenvalue weighted by molar-refractivity contribution is 5.69. The van der Waals surface area contributed by atoms with Gasteiger partial charge in [0.2, 0.25) is 0 Å². The zero-order valence-corrected chi connectivity index (χ0v) is 11.3. The molecule has 1 unspecified atom stereocenters. The normalized spacial score (nSPS) is 12.9. The summed E-state index contributed by atoms with van der Waals surface area (Å²) in [4.78, 5) is 2.14. The summed E-state index contributed by atoms with van der Waals surface area (Å²) in [5, 5.41) is 8.92. The van der Waals surface area contributed by atoms with Gasteiger partial charge in [-0.05, 0) is 30.5 Å². The van der Waals surface area contributed by atoms with Crippen LogP contribution in [0, 0.1) is 16.7 Å². The smallest absolute Gasteiger partial charge is 0.0992 e. The van der Waals surface area contributed by atoms with Gasteiger partial charge in [-0.25, -0.2) is 0 Å². The van der Waals surface area contributed by atoms with E-state index >= 15 is 0 Å². The standard InChI is InChI=1S/C14H21N3/c1-10(14(2,3)4)17(5)13-8-11(9-15)6-7-12(13)16/h6-8,10H,16H2,1-5H3. The van der Waals surface area contributed by atoms with E-state index in [1.165, 1.54) is 0 Å². The molecule has 92 valence electrons. The first-order chi connectivity index (χ1) is 7.77. The molecule has 0 bridgehead atoms. The van der Waals surface area contributed by atoms with Crippen molar-refractivity contribution in [3.8, 4) is 6.07 Å². The molecular weight excluding hydrogens is 210 g/mol. The van der Waals surface area contributed by atoms with Crippen molar-refractivity contribution in [1.82, 2.24) is 0 Å². The maximum Gasteiger partial charge on any atom is 0.0992 e. The van der Waals surface area contributed by atoms with Crippen molar-refractivity contribution in [3.05, 3.63) is 23.8 Å². The van der Waals surface area contributed by atoms with E-state index in [2.05, 4.69) is 38.7 Å². The van der Waals surface area contributed by atoms with E-state index in [1.54, 1.807) is 12.1 Å². The molecular formula is C14H21N3. The molecule has 0 fully saturated rings. The fourth-order valence-corrected chi connectivity index (χ4v) is 1.71. The Hall–Kier alpha value is -1.69. The fraction of sp³-hybridized carbons (Fsp3) is 0.500. The molecule has 0 spiro atoms. The van der Waals surface area contributed by atoms with E-state index in [1.807, 2.05) is 13.1 Å². The van der Waals surface area contributed by atoms with Crippen LogP contribution in [0.5, 0.6) is 0 Å². The fourth-order valence-electron chi connectivity index (χ4n) is 1.71. The Morgan fingerprint density at radius 2 is 1.94 bits per heavy atom. The van der Waals surface area contributed by atoms with Crippen molar-refractivity contribution in [2.24, 2.45) is 5.41 Å². The summed E-state index contributed by atoms with van der Waals surface area (Å²) < 4.78 is 0. The summed E-state index contributed by atoms with van der Waals surface area (Å²) in [6.07, 6.45) is 0. The predicted molar refractivity (Wildman–Crippen MR) is 72.9 cm³/mol. The van der Waals surface area contributed by atoms with Gasteiger partial charge in [-0.15, -0.1) is 0 Å². The molecule has 3 nitrogen and oxygen atoms in total. The van der Waals surface area contributed by atoms with E-state index in [4.69, 9.17) is 11.0 Å². The van der Waals surface area contributed by atoms with Crippen LogP contribution in [0.3, 0.4) is 0 Å². The largest absolute Gasteiger partial charge is 0.397 e. The minimum Gasteiger partial charge on any atom is -0.397 e. The van der Waals surface area contributed by atoms with Crippen molar-refractivity contribution in [3.63, 3.8) is 0 Å². The molecule has 0 aliphatic heterocycles. The number of nitriles is 1. The second-order valence-electron chi connectivity index (χ2n) is 5.54. The second kappa shape index (κ2) is 4.67. The Morgan fingerprint density at radius 1 is 1.35 bits per heavy atom. The van der Waals surface area contributed by atoms with E-state index in [9.17, 15) is 0 Å². The molecule has 0 aromatic heterocycles. The molecule has 17 heavy (non-hydrogen) atoms. The van der Waals surface area contributed by atoms with Gasteiger partial charge < -0.3 is 10.6 Å². The van der Waals surface area contributed by atoms with Gasteiger partial charge >= 0.3 is 0 Å². The Morgan fingerprint density at radius 3 is 2.41 bits per heavy atom. The maximum absolute atomic E-state index is 8.92. The Kier molecular flexibility index (Phi) is 3.67. The quantitative estimate of drug-likeness (QED) is 0.796. The summed E-state index contributed by atoms with van der Waals surface area (Å²) >= 11 is 0. The molecule has 0 heterocycles. The number of hydrogen-bond donors (Lipinski definition) is 1. The number of rotatable bonds is 2. The highest BCUT2D eigenvalue weighted by Crippen LogP contribution is 2.31. The van der Waals surface area contributed by atoms with E-state index in [0.29, 0.717) is 17.3 Å². The van der Waals surface area contributed by atoms with Crippen LogP contribution in [0.2, 0.25) is 0 Å². The van der Waals surface area contributed by atoms with Gasteiger partial charge in [-0.1, -0.05) is 20.8 Å². The van der Waals surface area contributed by atoms with Crippen LogP contribution in [0.15, 0.2) is 18.2 Å². The molecule has 1 aromatic rings. The van der Waals surface area contributed by atoms with Gasteiger partial charge in [0.25, 0.3) is 0 Å². The number of nitrogens with two attached hydrogens (primary N) is 1. The molecule has 0 saturated carbocycles. The highest BCUT2D eigenvalue weighted by Gasteiger charge is 2.25.